The second-order valence-electron chi connectivity index (χ2n) is 20.6. The van der Waals surface area contributed by atoms with Gasteiger partial charge in [0, 0.05) is 45.3 Å². The largest absolute Gasteiger partial charge is 0.586 e. The van der Waals surface area contributed by atoms with Crippen molar-refractivity contribution in [2.75, 3.05) is 34.9 Å². The summed E-state index contributed by atoms with van der Waals surface area (Å²) in [6.07, 6.45) is -37.7. The Morgan fingerprint density at radius 1 is 0.486 bits per heavy atom. The molecule has 7 aromatic rings. The molecule has 0 saturated heterocycles. The number of rotatable bonds is 15. The van der Waals surface area contributed by atoms with Gasteiger partial charge in [-0.2, -0.15) is 70.2 Å². The summed E-state index contributed by atoms with van der Waals surface area (Å²) in [6, 6.07) is 15.2. The van der Waals surface area contributed by atoms with Gasteiger partial charge in [0.05, 0.1) is 39.4 Å². The van der Waals surface area contributed by atoms with Gasteiger partial charge >= 0.3 is 74.1 Å². The molecular formula is C60H31Br2ClF26N4O14. The molecule has 3 amide bonds. The van der Waals surface area contributed by atoms with Crippen LogP contribution >= 0.6 is 43.5 Å². The summed E-state index contributed by atoms with van der Waals surface area (Å²) >= 11 is 10.2. The van der Waals surface area contributed by atoms with Crippen LogP contribution in [0.15, 0.2) is 124 Å². The van der Waals surface area contributed by atoms with Crippen LogP contribution in [-0.4, -0.2) is 105 Å². The molecule has 0 atom stereocenters. The normalized spacial score (nSPS) is 14.4. The molecule has 3 aliphatic heterocycles. The molecule has 3 aliphatic rings. The summed E-state index contributed by atoms with van der Waals surface area (Å²) < 4.78 is 376. The number of fused-ring (bicyclic) bond motifs is 3. The SMILES string of the molecule is CN(C(=O)c1ccc2c(c1)OC(F)(F)O2)c1cccc(C(=O)Nc2c(Br)cc(C(F)(C(F)(F)F)C(F)(F)F)cc2OC(F)F)c1F.CNc1cccc(C(=O)Nc2c(Br)cc(C(F)(C(F)(F)F)C(F)(F)F)cc2OC(F)F)c1F.O=C(Cl)c1ccc2c(c1)OC(F)(F)O2.O=C(O)c1ccc2c(c1)OC(F)(F)O2. The second-order valence-corrected chi connectivity index (χ2v) is 22.7. The van der Waals surface area contributed by atoms with E-state index in [1.165, 1.54) is 31.3 Å². The van der Waals surface area contributed by atoms with Crippen molar-refractivity contribution in [3.05, 3.63) is 175 Å². The van der Waals surface area contributed by atoms with Gasteiger partial charge in [-0.15, -0.1) is 26.3 Å². The van der Waals surface area contributed by atoms with Crippen molar-refractivity contribution in [2.24, 2.45) is 0 Å². The van der Waals surface area contributed by atoms with Crippen molar-refractivity contribution in [3.8, 4) is 46.0 Å². The number of benzene rings is 7. The van der Waals surface area contributed by atoms with Crippen molar-refractivity contribution >= 4 is 95.1 Å². The van der Waals surface area contributed by atoms with E-state index in [1.807, 2.05) is 5.32 Å². The minimum Gasteiger partial charge on any atom is -0.478 e. The molecule has 578 valence electrons. The number of ether oxygens (including phenoxy) is 8. The number of anilines is 4. The number of halogens is 29. The van der Waals surface area contributed by atoms with Gasteiger partial charge in [0.25, 0.3) is 23.0 Å². The van der Waals surface area contributed by atoms with E-state index in [0.29, 0.717) is 4.90 Å². The number of alkyl halides is 24. The van der Waals surface area contributed by atoms with Gasteiger partial charge in [0.2, 0.25) is 0 Å². The van der Waals surface area contributed by atoms with E-state index in [4.69, 9.17) is 16.7 Å². The lowest BCUT2D eigenvalue weighted by molar-refractivity contribution is -0.349. The van der Waals surface area contributed by atoms with Crippen LogP contribution in [0.5, 0.6) is 46.0 Å². The van der Waals surface area contributed by atoms with Crippen molar-refractivity contribution in [3.63, 3.8) is 0 Å². The van der Waals surface area contributed by atoms with Gasteiger partial charge in [-0.1, -0.05) is 12.1 Å². The van der Waals surface area contributed by atoms with E-state index < -0.39 is 180 Å². The van der Waals surface area contributed by atoms with Gasteiger partial charge in [-0.25, -0.2) is 22.4 Å². The van der Waals surface area contributed by atoms with Gasteiger partial charge < -0.3 is 63.9 Å². The lowest BCUT2D eigenvalue weighted by Gasteiger charge is -2.31. The molecule has 7 aromatic carbocycles. The van der Waals surface area contributed by atoms with E-state index >= 15 is 4.39 Å². The quantitative estimate of drug-likeness (QED) is 0.0554. The molecule has 0 radical (unpaired) electrons. The molecule has 4 N–H and O–H groups in total. The molecule has 47 heteroatoms. The van der Waals surface area contributed by atoms with Crippen LogP contribution in [0.4, 0.5) is 137 Å². The van der Waals surface area contributed by atoms with Gasteiger partial charge in [0.1, 0.15) is 0 Å². The first-order valence-corrected chi connectivity index (χ1v) is 29.5. The number of carboxylic acid groups (broad SMARTS) is 1. The summed E-state index contributed by atoms with van der Waals surface area (Å²) in [5.41, 5.74) is -21.1. The lowest BCUT2D eigenvalue weighted by atomic mass is 9.93. The summed E-state index contributed by atoms with van der Waals surface area (Å²) in [5, 5.41) is 13.9. The number of aromatic carboxylic acids is 1. The number of amides is 3. The van der Waals surface area contributed by atoms with E-state index in [9.17, 15) is 134 Å². The number of nitrogens with one attached hydrogen (secondary N) is 3. The van der Waals surface area contributed by atoms with Crippen molar-refractivity contribution in [1.29, 1.82) is 0 Å². The minimum atomic E-state index is -6.63. The Hall–Kier alpha value is -10.3. The topological polar surface area (TPSA) is 219 Å². The Kier molecular flexibility index (Phi) is 24.3. The predicted octanol–water partition coefficient (Wildman–Crippen LogP) is 19.2. The maximum absolute atomic E-state index is 15.5. The van der Waals surface area contributed by atoms with Gasteiger partial charge in [-0.05, 0) is 147 Å². The highest BCUT2D eigenvalue weighted by atomic mass is 79.9. The molecule has 0 fully saturated rings. The molecule has 0 bridgehead atoms. The molecule has 10 rings (SSSR count). The first kappa shape index (κ1) is 84.0. The smallest absolute Gasteiger partial charge is 0.478 e. The van der Waals surface area contributed by atoms with Crippen LogP contribution in [-0.2, 0) is 11.3 Å². The van der Waals surface area contributed by atoms with Crippen LogP contribution in [0.1, 0.15) is 62.9 Å². The third kappa shape index (κ3) is 18.6. The zero-order chi connectivity index (χ0) is 80.6. The highest BCUT2D eigenvalue weighted by molar-refractivity contribution is 9.11. The average molecular weight is 1720 g/mol. The Balaban J connectivity index is 0.000000224. The van der Waals surface area contributed by atoms with Crippen molar-refractivity contribution in [2.45, 2.75) is 68.1 Å². The Morgan fingerprint density at radius 3 is 1.18 bits per heavy atom. The zero-order valence-electron chi connectivity index (χ0n) is 51.3. The summed E-state index contributed by atoms with van der Waals surface area (Å²) in [7, 11) is 2.32. The number of carbonyl (C=O) groups excluding carboxylic acids is 4. The van der Waals surface area contributed by atoms with Crippen LogP contribution < -0.4 is 58.7 Å². The first-order chi connectivity index (χ1) is 49.1. The van der Waals surface area contributed by atoms with Crippen molar-refractivity contribution in [1.82, 2.24) is 0 Å². The van der Waals surface area contributed by atoms with E-state index in [0.717, 1.165) is 73.8 Å². The summed E-state index contributed by atoms with van der Waals surface area (Å²) in [4.78, 5) is 60.2. The number of hydrogen-bond donors (Lipinski definition) is 4. The number of hydrogen-bond acceptors (Lipinski definition) is 14. The van der Waals surface area contributed by atoms with Crippen molar-refractivity contribution < 1.29 is 181 Å². The molecular weight excluding hydrogens is 1690 g/mol. The maximum Gasteiger partial charge on any atom is 0.586 e. The number of nitrogens with zero attached hydrogens (tertiary/aromatic N) is 1. The molecule has 0 saturated carbocycles. The van der Waals surface area contributed by atoms with Crippen LogP contribution in [0, 0.1) is 11.6 Å². The lowest BCUT2D eigenvalue weighted by Crippen LogP contribution is -2.50. The predicted molar refractivity (Wildman–Crippen MR) is 317 cm³/mol. The van der Waals surface area contributed by atoms with E-state index in [1.54, 1.807) is 5.32 Å². The Bertz CT molecular complexity index is 4480. The molecule has 0 aromatic heterocycles. The van der Waals surface area contributed by atoms with Crippen LogP contribution in [0.25, 0.3) is 0 Å². The molecule has 0 spiro atoms. The summed E-state index contributed by atoms with van der Waals surface area (Å²) in [6.45, 7) is -7.70. The third-order valence-corrected chi connectivity index (χ3v) is 15.2. The monoisotopic (exact) mass is 1720 g/mol. The second kappa shape index (κ2) is 30.9. The molecule has 18 nitrogen and oxygen atoms in total. The highest BCUT2D eigenvalue weighted by Gasteiger charge is 2.75. The third-order valence-electron chi connectivity index (χ3n) is 13.7. The fourth-order valence-electron chi connectivity index (χ4n) is 8.91. The standard InChI is InChI=1S/C26H13BrF12N2O5.C18H11BrF10N2O2.C8H3ClF2O3.C8H4F2O4/c1-41(21(43)10-5-6-15-16(7-10)46-26(38,39)45-15)14-4-2-3-12(18(14)28)20(42)40-19-13(27)8-11(9-17(19)44-22(29)30)23(31,24(32,33)34)25(35,36)37;1-30-10-4-2-3-8(12(10)20)14(32)31-13-9(19)5-7(6-11(13)33-15(21)22)16(23,17(24,25)26)18(27,28)29;9-7(12)4-1-2-5-6(3-4)14-8(10,11)13-5;9-8(10)13-5-2-1-4(7(11)12)3-6(5)14-8/h2-9,22H,1H3,(H,40,42);2-6,15,30H,1H3,(H,31,32);1-3H;1-3H,(H,11,12). The zero-order valence-corrected chi connectivity index (χ0v) is 55.2. The Labute approximate surface area is 598 Å². The number of carbonyl (C=O) groups is 5. The van der Waals surface area contributed by atoms with Gasteiger partial charge in [-0.3, -0.25) is 19.2 Å². The molecule has 107 heavy (non-hydrogen) atoms. The fraction of sp³-hybridized carbons (Fsp3) is 0.217. The molecule has 0 aliphatic carbocycles. The van der Waals surface area contributed by atoms with Gasteiger partial charge in [0.15, 0.2) is 57.6 Å². The maximum atomic E-state index is 15.5. The molecule has 3 heterocycles. The first-order valence-electron chi connectivity index (χ1n) is 27.6. The number of carboxylic acids is 1. The van der Waals surface area contributed by atoms with E-state index in [-0.39, 0.29) is 69.6 Å². The highest BCUT2D eigenvalue weighted by Crippen LogP contribution is 2.57. The average Bonchev–Trinajstić information content (AvgIpc) is 1.29. The van der Waals surface area contributed by atoms with Crippen LogP contribution in [0.3, 0.4) is 0 Å². The fourth-order valence-corrected chi connectivity index (χ4v) is 10.1. The van der Waals surface area contributed by atoms with E-state index in [2.05, 4.69) is 75.1 Å². The molecule has 0 unspecified atom stereocenters. The minimum absolute atomic E-state index is 0.0186. The summed E-state index contributed by atoms with van der Waals surface area (Å²) in [5.74, 6) is -12.3. The Morgan fingerprint density at radius 2 is 0.822 bits per heavy atom. The van der Waals surface area contributed by atoms with Crippen LogP contribution in [0.2, 0.25) is 0 Å².